The molecule has 1 aromatic heterocycles. The molecule has 40 heavy (non-hydrogen) atoms. The highest BCUT2D eigenvalue weighted by Crippen LogP contribution is 2.27. The van der Waals surface area contributed by atoms with E-state index in [1.165, 1.54) is 33.8 Å². The van der Waals surface area contributed by atoms with Crippen LogP contribution in [0.15, 0.2) is 103 Å². The molecule has 0 radical (unpaired) electrons. The number of benzene rings is 4. The molecular weight excluding hydrogens is 507 g/mol. The molecule has 0 saturated heterocycles. The molecular formula is C31H29FN6O2. The number of hydrogen-bond donors (Lipinski definition) is 1. The lowest BCUT2D eigenvalue weighted by Gasteiger charge is -2.31. The number of fused-ring (bicyclic) bond motifs is 1. The molecule has 4 aromatic carbocycles. The summed E-state index contributed by atoms with van der Waals surface area (Å²) in [5, 5.41) is 11.3. The first-order valence-electron chi connectivity index (χ1n) is 12.8. The van der Waals surface area contributed by atoms with Crippen LogP contribution in [0.5, 0.6) is 0 Å². The molecule has 0 aliphatic carbocycles. The molecule has 9 heteroatoms. The Labute approximate surface area is 231 Å². The van der Waals surface area contributed by atoms with Gasteiger partial charge in [-0.3, -0.25) is 9.59 Å². The molecule has 0 saturated carbocycles. The summed E-state index contributed by atoms with van der Waals surface area (Å²) < 4.78 is 15.4. The van der Waals surface area contributed by atoms with Crippen LogP contribution in [-0.4, -0.2) is 45.8 Å². The van der Waals surface area contributed by atoms with Gasteiger partial charge in [-0.25, -0.2) is 9.07 Å². The zero-order chi connectivity index (χ0) is 28.1. The molecule has 0 aliphatic rings. The van der Waals surface area contributed by atoms with Gasteiger partial charge >= 0.3 is 0 Å². The van der Waals surface area contributed by atoms with Gasteiger partial charge in [0.15, 0.2) is 0 Å². The van der Waals surface area contributed by atoms with Gasteiger partial charge in [0.2, 0.25) is 5.91 Å². The highest BCUT2D eigenvalue weighted by atomic mass is 19.1. The first-order valence-corrected chi connectivity index (χ1v) is 12.8. The second-order valence-corrected chi connectivity index (χ2v) is 9.63. The molecule has 1 heterocycles. The van der Waals surface area contributed by atoms with Gasteiger partial charge in [0.25, 0.3) is 5.91 Å². The smallest absolute Gasteiger partial charge is 0.251 e. The number of anilines is 2. The molecule has 0 fully saturated rings. The Kier molecular flexibility index (Phi) is 7.82. The van der Waals surface area contributed by atoms with E-state index in [1.807, 2.05) is 85.7 Å². The summed E-state index contributed by atoms with van der Waals surface area (Å²) in [6.45, 7) is 0.0250. The maximum Gasteiger partial charge on any atom is 0.251 e. The van der Waals surface area contributed by atoms with Crippen molar-refractivity contribution in [2.75, 3.05) is 24.3 Å². The normalized spacial score (nSPS) is 11.7. The Morgan fingerprint density at radius 3 is 2.25 bits per heavy atom. The van der Waals surface area contributed by atoms with E-state index < -0.39 is 17.8 Å². The van der Waals surface area contributed by atoms with Gasteiger partial charge in [-0.15, -0.1) is 5.10 Å². The Morgan fingerprint density at radius 2 is 1.55 bits per heavy atom. The second-order valence-electron chi connectivity index (χ2n) is 9.63. The third-order valence-electron chi connectivity index (χ3n) is 6.62. The van der Waals surface area contributed by atoms with E-state index in [4.69, 9.17) is 0 Å². The monoisotopic (exact) mass is 536 g/mol. The molecule has 202 valence electrons. The summed E-state index contributed by atoms with van der Waals surface area (Å²) >= 11 is 0. The average molecular weight is 537 g/mol. The van der Waals surface area contributed by atoms with E-state index in [0.717, 1.165) is 11.3 Å². The first-order chi connectivity index (χ1) is 19.4. The molecule has 1 atom stereocenters. The minimum absolute atomic E-state index is 0.129. The number of carbonyl (C=O) groups excluding carboxylic acids is 2. The van der Waals surface area contributed by atoms with Crippen molar-refractivity contribution in [3.05, 3.63) is 120 Å². The van der Waals surface area contributed by atoms with Crippen LogP contribution in [0.4, 0.5) is 15.8 Å². The zero-order valence-electron chi connectivity index (χ0n) is 22.2. The maximum atomic E-state index is 14.0. The standard InChI is InChI=1S/C31H29FN6O2/c1-36(2)26-18-16-25(17-19-26)33-31(40)30(23-12-14-24(32)15-13-23)37(20-22-8-4-3-5-9-22)29(39)21-38-28-11-7-6-10-27(28)34-35-38/h3-19,30H,20-21H2,1-2H3,(H,33,40)/t30-/m0/s1. The summed E-state index contributed by atoms with van der Waals surface area (Å²) in [5.41, 5.74) is 4.26. The third kappa shape index (κ3) is 5.99. The van der Waals surface area contributed by atoms with Crippen molar-refractivity contribution in [1.29, 1.82) is 0 Å². The lowest BCUT2D eigenvalue weighted by Crippen LogP contribution is -2.42. The number of aromatic nitrogens is 3. The number of nitrogens with one attached hydrogen (secondary N) is 1. The summed E-state index contributed by atoms with van der Waals surface area (Å²) in [6.07, 6.45) is 0. The van der Waals surface area contributed by atoms with Crippen LogP contribution in [0.2, 0.25) is 0 Å². The predicted molar refractivity (Wildman–Crippen MR) is 153 cm³/mol. The van der Waals surface area contributed by atoms with E-state index in [9.17, 15) is 14.0 Å². The van der Waals surface area contributed by atoms with Crippen molar-refractivity contribution < 1.29 is 14.0 Å². The predicted octanol–water partition coefficient (Wildman–Crippen LogP) is 5.05. The minimum Gasteiger partial charge on any atom is -0.378 e. The van der Waals surface area contributed by atoms with Crippen LogP contribution in [0.25, 0.3) is 11.0 Å². The molecule has 5 rings (SSSR count). The lowest BCUT2D eigenvalue weighted by molar-refractivity contribution is -0.140. The van der Waals surface area contributed by atoms with Crippen LogP contribution < -0.4 is 10.2 Å². The average Bonchev–Trinajstić information content (AvgIpc) is 3.37. The van der Waals surface area contributed by atoms with E-state index in [-0.39, 0.29) is 19.0 Å². The van der Waals surface area contributed by atoms with Crippen LogP contribution in [-0.2, 0) is 22.7 Å². The van der Waals surface area contributed by atoms with Crippen molar-refractivity contribution in [2.24, 2.45) is 0 Å². The Bertz CT molecular complexity index is 1600. The number of para-hydroxylation sites is 1. The van der Waals surface area contributed by atoms with Crippen molar-refractivity contribution >= 4 is 34.2 Å². The number of amides is 2. The fourth-order valence-electron chi connectivity index (χ4n) is 4.53. The van der Waals surface area contributed by atoms with Gasteiger partial charge in [0.1, 0.15) is 23.9 Å². The SMILES string of the molecule is CN(C)c1ccc(NC(=O)[C@H](c2ccc(F)cc2)N(Cc2ccccc2)C(=O)Cn2nnc3ccccc32)cc1. The van der Waals surface area contributed by atoms with E-state index in [0.29, 0.717) is 22.3 Å². The highest BCUT2D eigenvalue weighted by Gasteiger charge is 2.32. The first kappa shape index (κ1) is 26.6. The number of nitrogens with zero attached hydrogens (tertiary/aromatic N) is 5. The Hall–Kier alpha value is -5.05. The number of carbonyl (C=O) groups is 2. The van der Waals surface area contributed by atoms with Crippen LogP contribution >= 0.6 is 0 Å². The zero-order valence-corrected chi connectivity index (χ0v) is 22.2. The van der Waals surface area contributed by atoms with Crippen molar-refractivity contribution in [3.63, 3.8) is 0 Å². The van der Waals surface area contributed by atoms with Gasteiger partial charge in [0, 0.05) is 32.0 Å². The number of hydrogen-bond acceptors (Lipinski definition) is 5. The minimum atomic E-state index is -1.04. The largest absolute Gasteiger partial charge is 0.378 e. The van der Waals surface area contributed by atoms with Gasteiger partial charge in [-0.2, -0.15) is 0 Å². The quantitative estimate of drug-likeness (QED) is 0.285. The Balaban J connectivity index is 1.52. The van der Waals surface area contributed by atoms with Crippen LogP contribution in [0.1, 0.15) is 17.2 Å². The van der Waals surface area contributed by atoms with E-state index >= 15 is 0 Å². The fraction of sp³-hybridized carbons (Fsp3) is 0.161. The Morgan fingerprint density at radius 1 is 0.875 bits per heavy atom. The number of rotatable bonds is 9. The van der Waals surface area contributed by atoms with E-state index in [2.05, 4.69) is 15.6 Å². The molecule has 0 unspecified atom stereocenters. The highest BCUT2D eigenvalue weighted by molar-refractivity contribution is 5.98. The van der Waals surface area contributed by atoms with Gasteiger partial charge < -0.3 is 15.1 Å². The molecule has 0 spiro atoms. The number of halogens is 1. The summed E-state index contributed by atoms with van der Waals surface area (Å²) in [7, 11) is 3.87. The van der Waals surface area contributed by atoms with Crippen LogP contribution in [0, 0.1) is 5.82 Å². The topological polar surface area (TPSA) is 83.4 Å². The lowest BCUT2D eigenvalue weighted by atomic mass is 10.0. The maximum absolute atomic E-state index is 14.0. The molecule has 0 aliphatic heterocycles. The summed E-state index contributed by atoms with van der Waals surface area (Å²) in [5.74, 6) is -1.19. The van der Waals surface area contributed by atoms with Crippen molar-refractivity contribution in [2.45, 2.75) is 19.1 Å². The molecule has 5 aromatic rings. The third-order valence-corrected chi connectivity index (χ3v) is 6.62. The van der Waals surface area contributed by atoms with Crippen LogP contribution in [0.3, 0.4) is 0 Å². The molecule has 8 nitrogen and oxygen atoms in total. The van der Waals surface area contributed by atoms with Crippen molar-refractivity contribution in [3.8, 4) is 0 Å². The molecule has 1 N–H and O–H groups in total. The van der Waals surface area contributed by atoms with Gasteiger partial charge in [0.05, 0.1) is 5.52 Å². The van der Waals surface area contributed by atoms with E-state index in [1.54, 1.807) is 12.1 Å². The van der Waals surface area contributed by atoms with Gasteiger partial charge in [-0.05, 0) is 59.7 Å². The summed E-state index contributed by atoms with van der Waals surface area (Å²) in [4.78, 5) is 31.4. The summed E-state index contributed by atoms with van der Waals surface area (Å²) in [6, 6.07) is 28.8. The molecule has 2 amide bonds. The van der Waals surface area contributed by atoms with Crippen molar-refractivity contribution in [1.82, 2.24) is 19.9 Å². The second kappa shape index (κ2) is 11.8. The molecule has 0 bridgehead atoms. The fourth-order valence-corrected chi connectivity index (χ4v) is 4.53. The van der Waals surface area contributed by atoms with Gasteiger partial charge in [-0.1, -0.05) is 59.8 Å².